The number of benzene rings is 1. The van der Waals surface area contributed by atoms with Gasteiger partial charge in [0.1, 0.15) is 0 Å². The van der Waals surface area contributed by atoms with Crippen molar-refractivity contribution >= 4 is 29.3 Å². The van der Waals surface area contributed by atoms with Gasteiger partial charge in [-0.05, 0) is 37.6 Å². The van der Waals surface area contributed by atoms with E-state index >= 15 is 0 Å². The molecule has 7 heteroatoms. The van der Waals surface area contributed by atoms with Crippen molar-refractivity contribution in [3.05, 3.63) is 47.3 Å². The molecule has 0 aliphatic heterocycles. The lowest BCUT2D eigenvalue weighted by Gasteiger charge is -2.07. The number of rotatable bonds is 6. The first kappa shape index (κ1) is 17.0. The number of aliphatic carboxylic acids is 1. The second kappa shape index (κ2) is 7.73. The van der Waals surface area contributed by atoms with Crippen LogP contribution in [0.4, 0.5) is 5.69 Å². The fourth-order valence-corrected chi connectivity index (χ4v) is 2.77. The topological polar surface area (TPSA) is 92.2 Å². The summed E-state index contributed by atoms with van der Waals surface area (Å²) in [4.78, 5) is 31.2. The summed E-state index contributed by atoms with van der Waals surface area (Å²) in [5.74, 6) is -0.910. The number of nitrogens with one attached hydrogen (secondary N) is 1. The Morgan fingerprint density at radius 3 is 2.52 bits per heavy atom. The zero-order chi connectivity index (χ0) is 16.8. The van der Waals surface area contributed by atoms with E-state index in [-0.39, 0.29) is 18.1 Å². The number of thioether (sulfide) groups is 1. The first-order valence-corrected chi connectivity index (χ1v) is 7.96. The molecule has 6 nitrogen and oxygen atoms in total. The third-order valence-corrected chi connectivity index (χ3v) is 3.71. The molecule has 0 atom stereocenters. The first-order valence-electron chi connectivity index (χ1n) is 6.98. The van der Waals surface area contributed by atoms with Crippen LogP contribution >= 0.6 is 11.8 Å². The normalized spacial score (nSPS) is 10.3. The largest absolute Gasteiger partial charge is 0.481 e. The first-order chi connectivity index (χ1) is 10.9. The van der Waals surface area contributed by atoms with Crippen molar-refractivity contribution in [2.24, 2.45) is 0 Å². The van der Waals surface area contributed by atoms with Crippen molar-refractivity contribution < 1.29 is 14.7 Å². The molecule has 1 aromatic heterocycles. The number of carboxylic acids is 1. The molecule has 1 aromatic carbocycles. The van der Waals surface area contributed by atoms with Gasteiger partial charge in [0.05, 0.1) is 12.2 Å². The van der Waals surface area contributed by atoms with E-state index in [4.69, 9.17) is 5.11 Å². The zero-order valence-electron chi connectivity index (χ0n) is 12.9. The number of nitrogens with zero attached hydrogens (tertiary/aromatic N) is 2. The van der Waals surface area contributed by atoms with E-state index in [1.807, 2.05) is 19.9 Å². The van der Waals surface area contributed by atoms with Crippen molar-refractivity contribution in [3.63, 3.8) is 0 Å². The van der Waals surface area contributed by atoms with E-state index in [2.05, 4.69) is 15.3 Å². The van der Waals surface area contributed by atoms with Gasteiger partial charge in [0.2, 0.25) is 5.91 Å². The molecule has 2 aromatic rings. The summed E-state index contributed by atoms with van der Waals surface area (Å²) in [5.41, 5.74) is 2.94. The minimum Gasteiger partial charge on any atom is -0.481 e. The lowest BCUT2D eigenvalue weighted by Crippen LogP contribution is -2.14. The van der Waals surface area contributed by atoms with E-state index in [1.54, 1.807) is 24.3 Å². The van der Waals surface area contributed by atoms with Crippen LogP contribution in [0.2, 0.25) is 0 Å². The van der Waals surface area contributed by atoms with Crippen LogP contribution in [0.15, 0.2) is 35.5 Å². The predicted octanol–water partition coefficient (Wildman–Crippen LogP) is 2.45. The lowest BCUT2D eigenvalue weighted by molar-refractivity contribution is -0.136. The highest BCUT2D eigenvalue weighted by Gasteiger charge is 2.08. The Morgan fingerprint density at radius 1 is 1.17 bits per heavy atom. The molecule has 2 N–H and O–H groups in total. The number of aromatic nitrogens is 2. The van der Waals surface area contributed by atoms with Crippen LogP contribution in [-0.4, -0.2) is 32.7 Å². The molecule has 0 unspecified atom stereocenters. The van der Waals surface area contributed by atoms with Gasteiger partial charge in [-0.2, -0.15) is 0 Å². The van der Waals surface area contributed by atoms with E-state index in [0.717, 1.165) is 11.4 Å². The van der Waals surface area contributed by atoms with Gasteiger partial charge in [-0.3, -0.25) is 9.59 Å². The number of carboxylic acid groups (broad SMARTS) is 1. The van der Waals surface area contributed by atoms with Crippen LogP contribution in [0.3, 0.4) is 0 Å². The van der Waals surface area contributed by atoms with Crippen LogP contribution < -0.4 is 5.32 Å². The maximum atomic E-state index is 12.0. The Labute approximate surface area is 138 Å². The average molecular weight is 331 g/mol. The van der Waals surface area contributed by atoms with E-state index in [1.165, 1.54) is 11.8 Å². The summed E-state index contributed by atoms with van der Waals surface area (Å²) in [6.07, 6.45) is -0.0745. The van der Waals surface area contributed by atoms with Gasteiger partial charge in [-0.25, -0.2) is 9.97 Å². The second-order valence-electron chi connectivity index (χ2n) is 5.04. The minimum atomic E-state index is -0.906. The van der Waals surface area contributed by atoms with Gasteiger partial charge in [-0.15, -0.1) is 0 Å². The molecule has 0 aliphatic rings. The highest BCUT2D eigenvalue weighted by atomic mass is 32.2. The molecule has 1 amide bonds. The molecule has 0 spiro atoms. The number of carbonyl (C=O) groups excluding carboxylic acids is 1. The summed E-state index contributed by atoms with van der Waals surface area (Å²) < 4.78 is 0. The molecule has 0 radical (unpaired) electrons. The van der Waals surface area contributed by atoms with Crippen molar-refractivity contribution in [2.75, 3.05) is 11.1 Å². The standard InChI is InChI=1S/C16H17N3O3S/c1-10-6-11(2)18-16(17-10)23-9-14(20)19-13-5-3-4-12(7-13)8-15(21)22/h3-7H,8-9H2,1-2H3,(H,19,20)(H,21,22). The SMILES string of the molecule is Cc1cc(C)nc(SCC(=O)Nc2cccc(CC(=O)O)c2)n1. The van der Waals surface area contributed by atoms with Gasteiger partial charge in [0.15, 0.2) is 5.16 Å². The van der Waals surface area contributed by atoms with Crippen LogP contribution in [0.25, 0.3) is 0 Å². The monoisotopic (exact) mass is 331 g/mol. The summed E-state index contributed by atoms with van der Waals surface area (Å²) in [5, 5.41) is 12.1. The van der Waals surface area contributed by atoms with Crippen LogP contribution in [0.5, 0.6) is 0 Å². The maximum absolute atomic E-state index is 12.0. The molecular weight excluding hydrogens is 314 g/mol. The Balaban J connectivity index is 1.93. The molecule has 0 aliphatic carbocycles. The van der Waals surface area contributed by atoms with Gasteiger partial charge >= 0.3 is 5.97 Å². The predicted molar refractivity (Wildman–Crippen MR) is 88.6 cm³/mol. The third-order valence-electron chi connectivity index (χ3n) is 2.86. The molecule has 2 rings (SSSR count). The molecule has 23 heavy (non-hydrogen) atoms. The molecular formula is C16H17N3O3S. The van der Waals surface area contributed by atoms with Crippen LogP contribution in [-0.2, 0) is 16.0 Å². The fourth-order valence-electron chi connectivity index (χ4n) is 2.02. The van der Waals surface area contributed by atoms with E-state index in [0.29, 0.717) is 16.4 Å². The summed E-state index contributed by atoms with van der Waals surface area (Å²) in [6, 6.07) is 8.68. The quantitative estimate of drug-likeness (QED) is 0.624. The van der Waals surface area contributed by atoms with Gasteiger partial charge < -0.3 is 10.4 Å². The van der Waals surface area contributed by atoms with E-state index < -0.39 is 5.97 Å². The second-order valence-corrected chi connectivity index (χ2v) is 5.98. The minimum absolute atomic E-state index is 0.0745. The summed E-state index contributed by atoms with van der Waals surface area (Å²) >= 11 is 1.26. The Kier molecular flexibility index (Phi) is 5.70. The number of hydrogen-bond donors (Lipinski definition) is 2. The number of aryl methyl sites for hydroxylation is 2. The van der Waals surface area contributed by atoms with Crippen LogP contribution in [0.1, 0.15) is 17.0 Å². The molecule has 1 heterocycles. The highest BCUT2D eigenvalue weighted by Crippen LogP contribution is 2.16. The van der Waals surface area contributed by atoms with Crippen molar-refractivity contribution in [1.82, 2.24) is 9.97 Å². The van der Waals surface area contributed by atoms with Crippen molar-refractivity contribution in [3.8, 4) is 0 Å². The number of carbonyl (C=O) groups is 2. The molecule has 0 fully saturated rings. The van der Waals surface area contributed by atoms with Gasteiger partial charge in [0.25, 0.3) is 0 Å². The number of amides is 1. The lowest BCUT2D eigenvalue weighted by atomic mass is 10.1. The molecule has 0 bridgehead atoms. The van der Waals surface area contributed by atoms with E-state index in [9.17, 15) is 9.59 Å². The van der Waals surface area contributed by atoms with Crippen molar-refractivity contribution in [2.45, 2.75) is 25.4 Å². The molecule has 120 valence electrons. The summed E-state index contributed by atoms with van der Waals surface area (Å²) in [7, 11) is 0. The number of anilines is 1. The Morgan fingerprint density at radius 2 is 1.87 bits per heavy atom. The average Bonchev–Trinajstić information content (AvgIpc) is 2.44. The molecule has 0 saturated carbocycles. The Hall–Kier alpha value is -2.41. The number of hydrogen-bond acceptors (Lipinski definition) is 5. The smallest absolute Gasteiger partial charge is 0.307 e. The highest BCUT2D eigenvalue weighted by molar-refractivity contribution is 7.99. The summed E-state index contributed by atoms with van der Waals surface area (Å²) in [6.45, 7) is 3.76. The zero-order valence-corrected chi connectivity index (χ0v) is 13.7. The molecule has 0 saturated heterocycles. The fraction of sp³-hybridized carbons (Fsp3) is 0.250. The third kappa shape index (κ3) is 5.71. The van der Waals surface area contributed by atoms with Gasteiger partial charge in [0, 0.05) is 17.1 Å². The van der Waals surface area contributed by atoms with Crippen molar-refractivity contribution in [1.29, 1.82) is 0 Å². The van der Waals surface area contributed by atoms with Gasteiger partial charge in [-0.1, -0.05) is 23.9 Å². The maximum Gasteiger partial charge on any atom is 0.307 e. The Bertz CT molecular complexity index is 714. The van der Waals surface area contributed by atoms with Crippen LogP contribution in [0, 0.1) is 13.8 Å².